The quantitative estimate of drug-likeness (QED) is 0.442. The average Bonchev–Trinajstić information content (AvgIpc) is 2.69. The van der Waals surface area contributed by atoms with Gasteiger partial charge in [0.25, 0.3) is 0 Å². The zero-order chi connectivity index (χ0) is 14.0. The molecule has 18 heavy (non-hydrogen) atoms. The Labute approximate surface area is 116 Å². The van der Waals surface area contributed by atoms with E-state index in [1.807, 2.05) is 13.8 Å². The van der Waals surface area contributed by atoms with E-state index in [1.54, 1.807) is 0 Å². The van der Waals surface area contributed by atoms with Gasteiger partial charge in [0.05, 0.1) is 7.11 Å². The molecule has 106 valence electrons. The van der Waals surface area contributed by atoms with Gasteiger partial charge < -0.3 is 15.4 Å². The molecule has 4 nitrogen and oxygen atoms in total. The van der Waals surface area contributed by atoms with E-state index < -0.39 is 0 Å². The molecule has 0 aromatic rings. The van der Waals surface area contributed by atoms with Gasteiger partial charge in [-0.25, -0.2) is 0 Å². The van der Waals surface area contributed by atoms with Gasteiger partial charge in [0.15, 0.2) is 5.11 Å². The van der Waals surface area contributed by atoms with Gasteiger partial charge in [-0.2, -0.15) is 0 Å². The Hall–Kier alpha value is -0.840. The first-order valence-corrected chi connectivity index (χ1v) is 7.18. The van der Waals surface area contributed by atoms with Crippen molar-refractivity contribution in [3.05, 3.63) is 0 Å². The second kappa shape index (κ2) is 10.1. The first-order chi connectivity index (χ1) is 8.63. The summed E-state index contributed by atoms with van der Waals surface area (Å²) in [5.74, 6) is -0.116. The molecule has 1 aliphatic heterocycles. The van der Waals surface area contributed by atoms with E-state index in [4.69, 9.17) is 12.2 Å². The van der Waals surface area contributed by atoms with Crippen LogP contribution in [0.3, 0.4) is 0 Å². The summed E-state index contributed by atoms with van der Waals surface area (Å²) in [6.45, 7) is 6.13. The van der Waals surface area contributed by atoms with Gasteiger partial charge in [0.2, 0.25) is 0 Å². The number of unbranched alkanes of at least 4 members (excludes halogenated alkanes) is 2. The number of ether oxygens (including phenoxy) is 1. The summed E-state index contributed by atoms with van der Waals surface area (Å²) < 4.78 is 4.58. The van der Waals surface area contributed by atoms with Gasteiger partial charge in [0, 0.05) is 18.5 Å². The summed E-state index contributed by atoms with van der Waals surface area (Å²) in [4.78, 5) is 10.9. The number of esters is 1. The van der Waals surface area contributed by atoms with Crippen LogP contribution in [0.4, 0.5) is 0 Å². The van der Waals surface area contributed by atoms with Gasteiger partial charge in [-0.1, -0.05) is 26.7 Å². The van der Waals surface area contributed by atoms with Gasteiger partial charge in [-0.05, 0) is 32.0 Å². The maximum atomic E-state index is 10.9. The number of carbonyl (C=O) groups is 1. The third-order valence-electron chi connectivity index (χ3n) is 2.90. The maximum Gasteiger partial charge on any atom is 0.305 e. The Morgan fingerprint density at radius 3 is 2.44 bits per heavy atom. The minimum Gasteiger partial charge on any atom is -0.469 e. The zero-order valence-corrected chi connectivity index (χ0v) is 12.7. The van der Waals surface area contributed by atoms with Crippen molar-refractivity contribution in [2.24, 2.45) is 0 Å². The first-order valence-electron chi connectivity index (χ1n) is 6.77. The summed E-state index contributed by atoms with van der Waals surface area (Å²) in [5, 5.41) is 7.18. The Balaban J connectivity index is 0.00000137. The van der Waals surface area contributed by atoms with E-state index in [-0.39, 0.29) is 5.97 Å². The summed E-state index contributed by atoms with van der Waals surface area (Å²) in [7, 11) is 1.43. The lowest BCUT2D eigenvalue weighted by molar-refractivity contribution is -0.140. The van der Waals surface area contributed by atoms with Crippen molar-refractivity contribution in [2.45, 2.75) is 65.0 Å². The fourth-order valence-corrected chi connectivity index (χ4v) is 2.21. The molecule has 0 amide bonds. The number of hydrogen-bond acceptors (Lipinski definition) is 3. The molecule has 0 bridgehead atoms. The standard InChI is InChI=1S/C11H20N2O2S.C2H6/c1-8-9(13-11(16)12-8)6-4-3-5-7-10(14)15-2;1-2/h8-9H,3-7H2,1-2H3,(H2,12,13,16);1-2H3/t8-,9+;/m0./s1. The lowest BCUT2D eigenvalue weighted by Crippen LogP contribution is -2.30. The van der Waals surface area contributed by atoms with Crippen molar-refractivity contribution < 1.29 is 9.53 Å². The molecular formula is C13H26N2O2S. The third-order valence-corrected chi connectivity index (χ3v) is 3.14. The molecule has 0 aliphatic carbocycles. The minimum absolute atomic E-state index is 0.116. The molecule has 0 saturated carbocycles. The maximum absolute atomic E-state index is 10.9. The van der Waals surface area contributed by atoms with Crippen LogP contribution in [0.25, 0.3) is 0 Å². The van der Waals surface area contributed by atoms with Crippen molar-refractivity contribution in [2.75, 3.05) is 7.11 Å². The predicted molar refractivity (Wildman–Crippen MR) is 78.6 cm³/mol. The van der Waals surface area contributed by atoms with Crippen LogP contribution in [0.5, 0.6) is 0 Å². The SMILES string of the molecule is CC.COC(=O)CCCCC[C@H]1NC(=S)N[C@H]1C. The molecule has 0 radical (unpaired) electrons. The first kappa shape index (κ1) is 17.2. The zero-order valence-electron chi connectivity index (χ0n) is 11.9. The van der Waals surface area contributed by atoms with Crippen LogP contribution in [0.15, 0.2) is 0 Å². The van der Waals surface area contributed by atoms with Crippen molar-refractivity contribution in [3.63, 3.8) is 0 Å². The number of hydrogen-bond donors (Lipinski definition) is 2. The highest BCUT2D eigenvalue weighted by Gasteiger charge is 2.24. The number of nitrogens with one attached hydrogen (secondary N) is 2. The molecule has 0 spiro atoms. The molecule has 1 rings (SSSR count). The Kier molecular flexibility index (Phi) is 9.64. The van der Waals surface area contributed by atoms with E-state index in [2.05, 4.69) is 22.3 Å². The molecule has 0 aromatic carbocycles. The van der Waals surface area contributed by atoms with E-state index in [9.17, 15) is 4.79 Å². The Morgan fingerprint density at radius 1 is 1.28 bits per heavy atom. The van der Waals surface area contributed by atoms with Gasteiger partial charge in [-0.3, -0.25) is 4.79 Å². The normalized spacial score (nSPS) is 21.4. The molecule has 0 aromatic heterocycles. The van der Waals surface area contributed by atoms with Crippen LogP contribution >= 0.6 is 12.2 Å². The fraction of sp³-hybridized carbons (Fsp3) is 0.846. The van der Waals surface area contributed by atoms with Crippen LogP contribution in [0.1, 0.15) is 52.9 Å². The number of thiocarbonyl (C=S) groups is 1. The van der Waals surface area contributed by atoms with Crippen molar-refractivity contribution >= 4 is 23.3 Å². The molecule has 0 unspecified atom stereocenters. The predicted octanol–water partition coefficient (Wildman–Crippen LogP) is 2.37. The third kappa shape index (κ3) is 6.79. The summed E-state index contributed by atoms with van der Waals surface area (Å²) in [6, 6.07) is 0.846. The van der Waals surface area contributed by atoms with Crippen LogP contribution in [0, 0.1) is 0 Å². The van der Waals surface area contributed by atoms with Gasteiger partial charge in [0.1, 0.15) is 0 Å². The second-order valence-corrected chi connectivity index (χ2v) is 4.60. The van der Waals surface area contributed by atoms with Crippen LogP contribution in [-0.4, -0.2) is 30.3 Å². The fourth-order valence-electron chi connectivity index (χ4n) is 1.88. The van der Waals surface area contributed by atoms with E-state index in [0.717, 1.165) is 30.8 Å². The highest BCUT2D eigenvalue weighted by molar-refractivity contribution is 7.80. The smallest absolute Gasteiger partial charge is 0.305 e. The highest BCUT2D eigenvalue weighted by Crippen LogP contribution is 2.11. The molecule has 1 saturated heterocycles. The van der Waals surface area contributed by atoms with E-state index >= 15 is 0 Å². The van der Waals surface area contributed by atoms with Gasteiger partial charge in [-0.15, -0.1) is 0 Å². The second-order valence-electron chi connectivity index (χ2n) is 4.19. The summed E-state index contributed by atoms with van der Waals surface area (Å²) in [5.41, 5.74) is 0. The van der Waals surface area contributed by atoms with Crippen LogP contribution < -0.4 is 10.6 Å². The van der Waals surface area contributed by atoms with E-state index in [1.165, 1.54) is 7.11 Å². The number of carbonyl (C=O) groups excluding carboxylic acids is 1. The number of rotatable bonds is 6. The van der Waals surface area contributed by atoms with Crippen LogP contribution in [0.2, 0.25) is 0 Å². The number of methoxy groups -OCH3 is 1. The molecule has 2 atom stereocenters. The Bertz CT molecular complexity index is 259. The summed E-state index contributed by atoms with van der Waals surface area (Å²) in [6.07, 6.45) is 4.71. The van der Waals surface area contributed by atoms with Crippen LogP contribution in [-0.2, 0) is 9.53 Å². The monoisotopic (exact) mass is 274 g/mol. The van der Waals surface area contributed by atoms with Crippen molar-refractivity contribution in [1.29, 1.82) is 0 Å². The molecule has 2 N–H and O–H groups in total. The largest absolute Gasteiger partial charge is 0.469 e. The minimum atomic E-state index is -0.116. The highest BCUT2D eigenvalue weighted by atomic mass is 32.1. The van der Waals surface area contributed by atoms with Crippen molar-refractivity contribution in [1.82, 2.24) is 10.6 Å². The lowest BCUT2D eigenvalue weighted by atomic mass is 10.0. The Morgan fingerprint density at radius 2 is 1.94 bits per heavy atom. The average molecular weight is 274 g/mol. The van der Waals surface area contributed by atoms with E-state index in [0.29, 0.717) is 18.5 Å². The molecule has 1 fully saturated rings. The molecule has 5 heteroatoms. The molecule has 1 heterocycles. The lowest BCUT2D eigenvalue weighted by Gasteiger charge is -2.13. The topological polar surface area (TPSA) is 50.4 Å². The molecular weight excluding hydrogens is 248 g/mol. The van der Waals surface area contributed by atoms with Gasteiger partial charge >= 0.3 is 5.97 Å². The summed E-state index contributed by atoms with van der Waals surface area (Å²) >= 11 is 5.04. The molecule has 1 aliphatic rings. The van der Waals surface area contributed by atoms with Crippen molar-refractivity contribution in [3.8, 4) is 0 Å².